The quantitative estimate of drug-likeness (QED) is 0.359. The molecule has 3 amide bonds. The number of urea groups is 1. The molecule has 0 aliphatic heterocycles. The highest BCUT2D eigenvalue weighted by molar-refractivity contribution is 6.01. The minimum absolute atomic E-state index is 0.109. The van der Waals surface area contributed by atoms with Crippen molar-refractivity contribution >= 4 is 29.3 Å². The predicted molar refractivity (Wildman–Crippen MR) is 128 cm³/mol. The molecule has 0 saturated heterocycles. The molecule has 0 aliphatic carbocycles. The Morgan fingerprint density at radius 2 is 1.69 bits per heavy atom. The number of benzene rings is 2. The Labute approximate surface area is 201 Å². The molecule has 1 atom stereocenters. The molecule has 184 valence electrons. The number of amides is 3. The summed E-state index contributed by atoms with van der Waals surface area (Å²) < 4.78 is 15.5. The molecule has 35 heavy (non-hydrogen) atoms. The first-order valence-electron chi connectivity index (χ1n) is 10.6. The molecule has 1 heterocycles. The Morgan fingerprint density at radius 3 is 2.29 bits per heavy atom. The van der Waals surface area contributed by atoms with Crippen LogP contribution < -0.4 is 25.4 Å². The molecule has 4 N–H and O–H groups in total. The second-order valence-corrected chi connectivity index (χ2v) is 7.83. The number of hydrogen-bond donors (Lipinski definition) is 4. The molecule has 2 aromatic carbocycles. The van der Waals surface area contributed by atoms with E-state index in [1.54, 1.807) is 56.3 Å². The SMILES string of the molecule is COc1ccc(NC(=O)Nc2ccc(-c3cc(C(=O)NC(C(=O)O)C(C)C)on3)cc2)c(OC)c1. The van der Waals surface area contributed by atoms with Crippen LogP contribution in [0.2, 0.25) is 0 Å². The van der Waals surface area contributed by atoms with Gasteiger partial charge in [-0.2, -0.15) is 0 Å². The number of aromatic nitrogens is 1. The second kappa shape index (κ2) is 11.1. The van der Waals surface area contributed by atoms with Gasteiger partial charge in [-0.3, -0.25) is 4.79 Å². The molecule has 0 aliphatic rings. The molecule has 0 fully saturated rings. The van der Waals surface area contributed by atoms with Crippen molar-refractivity contribution in [1.29, 1.82) is 0 Å². The summed E-state index contributed by atoms with van der Waals surface area (Å²) in [6, 6.07) is 11.6. The number of carbonyl (C=O) groups is 3. The van der Waals surface area contributed by atoms with E-state index in [0.29, 0.717) is 34.1 Å². The lowest BCUT2D eigenvalue weighted by Gasteiger charge is -2.16. The number of nitrogens with zero attached hydrogens (tertiary/aromatic N) is 1. The summed E-state index contributed by atoms with van der Waals surface area (Å²) in [6.45, 7) is 3.38. The van der Waals surface area contributed by atoms with Crippen LogP contribution in [0.15, 0.2) is 53.1 Å². The first kappa shape index (κ1) is 25.1. The van der Waals surface area contributed by atoms with Gasteiger partial charge in [0.25, 0.3) is 5.91 Å². The predicted octanol–water partition coefficient (Wildman–Crippen LogP) is 3.84. The van der Waals surface area contributed by atoms with Crippen LogP contribution in [0, 0.1) is 5.92 Å². The van der Waals surface area contributed by atoms with Crippen LogP contribution >= 0.6 is 0 Å². The van der Waals surface area contributed by atoms with E-state index in [4.69, 9.17) is 14.0 Å². The second-order valence-electron chi connectivity index (χ2n) is 7.83. The summed E-state index contributed by atoms with van der Waals surface area (Å²) in [5.74, 6) is -1.18. The number of rotatable bonds is 9. The van der Waals surface area contributed by atoms with Gasteiger partial charge in [-0.1, -0.05) is 31.1 Å². The van der Waals surface area contributed by atoms with Crippen molar-refractivity contribution in [3.63, 3.8) is 0 Å². The minimum atomic E-state index is -1.13. The van der Waals surface area contributed by atoms with Gasteiger partial charge in [0, 0.05) is 23.4 Å². The van der Waals surface area contributed by atoms with Gasteiger partial charge in [0.2, 0.25) is 5.76 Å². The molecule has 0 radical (unpaired) electrons. The summed E-state index contributed by atoms with van der Waals surface area (Å²) in [4.78, 5) is 36.0. The molecule has 1 unspecified atom stereocenters. The van der Waals surface area contributed by atoms with Gasteiger partial charge in [-0.15, -0.1) is 0 Å². The zero-order chi connectivity index (χ0) is 25.5. The van der Waals surface area contributed by atoms with E-state index < -0.39 is 23.9 Å². The van der Waals surface area contributed by atoms with Gasteiger partial charge in [0.15, 0.2) is 0 Å². The van der Waals surface area contributed by atoms with Gasteiger partial charge in [-0.25, -0.2) is 9.59 Å². The van der Waals surface area contributed by atoms with Crippen molar-refractivity contribution in [3.05, 3.63) is 54.3 Å². The maximum Gasteiger partial charge on any atom is 0.326 e. The molecule has 0 bridgehead atoms. The van der Waals surface area contributed by atoms with Gasteiger partial charge in [0.1, 0.15) is 23.2 Å². The number of ether oxygens (including phenoxy) is 2. The van der Waals surface area contributed by atoms with Crippen LogP contribution in [-0.4, -0.2) is 48.4 Å². The summed E-state index contributed by atoms with van der Waals surface area (Å²) in [7, 11) is 3.03. The normalized spacial score (nSPS) is 11.5. The maximum atomic E-state index is 12.4. The fourth-order valence-electron chi connectivity index (χ4n) is 3.15. The summed E-state index contributed by atoms with van der Waals surface area (Å²) in [5, 5.41) is 21.0. The molecular formula is C24H26N4O7. The van der Waals surface area contributed by atoms with Crippen molar-refractivity contribution in [2.45, 2.75) is 19.9 Å². The maximum absolute atomic E-state index is 12.4. The first-order chi connectivity index (χ1) is 16.7. The number of methoxy groups -OCH3 is 2. The van der Waals surface area contributed by atoms with Crippen LogP contribution in [0.25, 0.3) is 11.3 Å². The van der Waals surface area contributed by atoms with E-state index >= 15 is 0 Å². The number of nitrogens with one attached hydrogen (secondary N) is 3. The van der Waals surface area contributed by atoms with Crippen LogP contribution in [0.1, 0.15) is 24.4 Å². The highest BCUT2D eigenvalue weighted by atomic mass is 16.5. The Hall–Kier alpha value is -4.54. The molecule has 3 rings (SSSR count). The molecule has 0 saturated carbocycles. The third-order valence-electron chi connectivity index (χ3n) is 5.05. The fraction of sp³-hybridized carbons (Fsp3) is 0.250. The van der Waals surface area contributed by atoms with Crippen molar-refractivity contribution < 1.29 is 33.5 Å². The average molecular weight is 482 g/mol. The van der Waals surface area contributed by atoms with Crippen molar-refractivity contribution in [2.75, 3.05) is 24.9 Å². The third kappa shape index (κ3) is 6.28. The molecule has 3 aromatic rings. The van der Waals surface area contributed by atoms with E-state index in [9.17, 15) is 19.5 Å². The molecule has 11 nitrogen and oxygen atoms in total. The lowest BCUT2D eigenvalue weighted by molar-refractivity contribution is -0.140. The number of carboxylic acid groups (broad SMARTS) is 1. The van der Waals surface area contributed by atoms with Gasteiger partial charge >= 0.3 is 12.0 Å². The zero-order valence-electron chi connectivity index (χ0n) is 19.6. The summed E-state index contributed by atoms with van der Waals surface area (Å²) in [5.41, 5.74) is 2.00. The van der Waals surface area contributed by atoms with Crippen LogP contribution in [-0.2, 0) is 4.79 Å². The van der Waals surface area contributed by atoms with E-state index in [2.05, 4.69) is 21.1 Å². The van der Waals surface area contributed by atoms with E-state index in [-0.39, 0.29) is 11.7 Å². The van der Waals surface area contributed by atoms with Gasteiger partial charge < -0.3 is 35.1 Å². The smallest absolute Gasteiger partial charge is 0.326 e. The third-order valence-corrected chi connectivity index (χ3v) is 5.05. The summed E-state index contributed by atoms with van der Waals surface area (Å²) >= 11 is 0. The Morgan fingerprint density at radius 1 is 0.971 bits per heavy atom. The monoisotopic (exact) mass is 482 g/mol. The number of carboxylic acids is 1. The Kier molecular flexibility index (Phi) is 7.92. The molecule has 1 aromatic heterocycles. The standard InChI is InChI=1S/C24H26N4O7/c1-13(2)21(23(30)31)27-22(29)20-12-18(28-35-20)14-5-7-15(8-6-14)25-24(32)26-17-10-9-16(33-3)11-19(17)34-4/h5-13,21H,1-4H3,(H,27,29)(H,30,31)(H2,25,26,32). The number of hydrogen-bond acceptors (Lipinski definition) is 7. The highest BCUT2D eigenvalue weighted by Gasteiger charge is 2.26. The lowest BCUT2D eigenvalue weighted by atomic mass is 10.0. The van der Waals surface area contributed by atoms with Crippen molar-refractivity contribution in [2.24, 2.45) is 5.92 Å². The number of anilines is 2. The van der Waals surface area contributed by atoms with E-state index in [0.717, 1.165) is 0 Å². The highest BCUT2D eigenvalue weighted by Crippen LogP contribution is 2.29. The Balaban J connectivity index is 1.63. The lowest BCUT2D eigenvalue weighted by Crippen LogP contribution is -2.44. The van der Waals surface area contributed by atoms with Crippen molar-refractivity contribution in [3.8, 4) is 22.8 Å². The van der Waals surface area contributed by atoms with Crippen LogP contribution in [0.5, 0.6) is 11.5 Å². The zero-order valence-corrected chi connectivity index (χ0v) is 19.6. The van der Waals surface area contributed by atoms with Crippen molar-refractivity contribution in [1.82, 2.24) is 10.5 Å². The first-order valence-corrected chi connectivity index (χ1v) is 10.6. The van der Waals surface area contributed by atoms with Gasteiger partial charge in [-0.05, 0) is 30.2 Å². The van der Waals surface area contributed by atoms with Crippen LogP contribution in [0.4, 0.5) is 16.2 Å². The number of carbonyl (C=O) groups excluding carboxylic acids is 2. The minimum Gasteiger partial charge on any atom is -0.497 e. The van der Waals surface area contributed by atoms with E-state index in [1.807, 2.05) is 0 Å². The molecule has 11 heteroatoms. The molecular weight excluding hydrogens is 456 g/mol. The Bertz CT molecular complexity index is 1200. The largest absolute Gasteiger partial charge is 0.497 e. The van der Waals surface area contributed by atoms with E-state index in [1.165, 1.54) is 20.3 Å². The molecule has 0 spiro atoms. The average Bonchev–Trinajstić information content (AvgIpc) is 3.33. The fourth-order valence-corrected chi connectivity index (χ4v) is 3.15. The topological polar surface area (TPSA) is 152 Å². The van der Waals surface area contributed by atoms with Gasteiger partial charge in [0.05, 0.1) is 19.9 Å². The summed E-state index contributed by atoms with van der Waals surface area (Å²) in [6.07, 6.45) is 0. The number of aliphatic carboxylic acids is 1. The van der Waals surface area contributed by atoms with Crippen LogP contribution in [0.3, 0.4) is 0 Å².